The molecule has 1 aromatic rings. The second-order valence-electron chi connectivity index (χ2n) is 6.84. The molecule has 0 saturated heterocycles. The second kappa shape index (κ2) is 8.82. The number of hydrogen-bond donors (Lipinski definition) is 3. The normalized spacial score (nSPS) is 12.4. The Morgan fingerprint density at radius 3 is 2.44 bits per heavy atom. The van der Waals surface area contributed by atoms with Crippen LogP contribution in [-0.4, -0.2) is 47.9 Å². The van der Waals surface area contributed by atoms with E-state index in [0.29, 0.717) is 10.7 Å². The van der Waals surface area contributed by atoms with Gasteiger partial charge in [0, 0.05) is 16.2 Å². The largest absolute Gasteiger partial charge is 0.333 e. The quantitative estimate of drug-likeness (QED) is 0.743. The molecule has 138 valence electrons. The monoisotopic (exact) mass is 368 g/mol. The van der Waals surface area contributed by atoms with Crippen LogP contribution in [0.15, 0.2) is 24.3 Å². The number of amides is 4. The Morgan fingerprint density at radius 2 is 1.88 bits per heavy atom. The number of carbonyl (C=O) groups excluding carboxylic acids is 3. The SMILES string of the molecule is CC(C(=O)NC(=O)NC(C)(C)C)N(C)CC(=O)Nc1cccc(Cl)c1. The van der Waals surface area contributed by atoms with Crippen LogP contribution in [0.25, 0.3) is 0 Å². The first-order valence-electron chi connectivity index (χ1n) is 7.86. The number of anilines is 1. The highest BCUT2D eigenvalue weighted by Gasteiger charge is 2.23. The zero-order chi connectivity index (χ0) is 19.2. The van der Waals surface area contributed by atoms with E-state index >= 15 is 0 Å². The van der Waals surface area contributed by atoms with Crippen molar-refractivity contribution in [1.82, 2.24) is 15.5 Å². The lowest BCUT2D eigenvalue weighted by Crippen LogP contribution is -2.53. The maximum absolute atomic E-state index is 12.1. The van der Waals surface area contributed by atoms with Gasteiger partial charge in [-0.15, -0.1) is 0 Å². The van der Waals surface area contributed by atoms with Gasteiger partial charge in [-0.3, -0.25) is 19.8 Å². The van der Waals surface area contributed by atoms with Gasteiger partial charge in [-0.2, -0.15) is 0 Å². The van der Waals surface area contributed by atoms with E-state index in [-0.39, 0.29) is 12.5 Å². The zero-order valence-electron chi connectivity index (χ0n) is 15.1. The molecule has 3 N–H and O–H groups in total. The Balaban J connectivity index is 2.52. The van der Waals surface area contributed by atoms with Crippen LogP contribution in [0.4, 0.5) is 10.5 Å². The van der Waals surface area contributed by atoms with Gasteiger partial charge in [0.1, 0.15) is 0 Å². The minimum absolute atomic E-state index is 0.0119. The average molecular weight is 369 g/mol. The predicted octanol–water partition coefficient (Wildman–Crippen LogP) is 2.22. The van der Waals surface area contributed by atoms with E-state index in [1.54, 1.807) is 43.1 Å². The maximum atomic E-state index is 12.1. The summed E-state index contributed by atoms with van der Waals surface area (Å²) in [6.45, 7) is 7.04. The van der Waals surface area contributed by atoms with E-state index in [9.17, 15) is 14.4 Å². The summed E-state index contributed by atoms with van der Waals surface area (Å²) in [6, 6.07) is 5.56. The number of urea groups is 1. The highest BCUT2D eigenvalue weighted by atomic mass is 35.5. The van der Waals surface area contributed by atoms with Crippen molar-refractivity contribution in [3.63, 3.8) is 0 Å². The van der Waals surface area contributed by atoms with Gasteiger partial charge in [0.05, 0.1) is 12.6 Å². The van der Waals surface area contributed by atoms with Crippen LogP contribution in [0.5, 0.6) is 0 Å². The number of likely N-dealkylation sites (N-methyl/N-ethyl adjacent to an activating group) is 1. The van der Waals surface area contributed by atoms with Crippen molar-refractivity contribution >= 4 is 35.1 Å². The average Bonchev–Trinajstić information content (AvgIpc) is 2.43. The molecule has 0 aliphatic heterocycles. The Labute approximate surface area is 153 Å². The molecule has 7 nitrogen and oxygen atoms in total. The predicted molar refractivity (Wildman–Crippen MR) is 98.6 cm³/mol. The summed E-state index contributed by atoms with van der Waals surface area (Å²) in [5.74, 6) is -0.775. The first kappa shape index (κ1) is 20.9. The summed E-state index contributed by atoms with van der Waals surface area (Å²) in [6.07, 6.45) is 0. The Hall–Kier alpha value is -2.12. The highest BCUT2D eigenvalue weighted by Crippen LogP contribution is 2.14. The number of rotatable bonds is 5. The van der Waals surface area contributed by atoms with Crippen molar-refractivity contribution in [1.29, 1.82) is 0 Å². The summed E-state index contributed by atoms with van der Waals surface area (Å²) in [5, 5.41) is 8.13. The number of imide groups is 1. The van der Waals surface area contributed by atoms with Crippen molar-refractivity contribution in [2.45, 2.75) is 39.3 Å². The molecule has 1 unspecified atom stereocenters. The summed E-state index contributed by atoms with van der Waals surface area (Å²) in [5.41, 5.74) is 0.128. The molecule has 0 spiro atoms. The van der Waals surface area contributed by atoms with Gasteiger partial charge in [-0.05, 0) is 52.9 Å². The molecule has 0 saturated carbocycles. The van der Waals surface area contributed by atoms with Crippen molar-refractivity contribution in [3.8, 4) is 0 Å². The third kappa shape index (κ3) is 8.00. The van der Waals surface area contributed by atoms with Crippen LogP contribution in [0, 0.1) is 0 Å². The lowest BCUT2D eigenvalue weighted by molar-refractivity contribution is -0.125. The summed E-state index contributed by atoms with van der Waals surface area (Å²) in [4.78, 5) is 37.4. The molecule has 4 amide bonds. The fraction of sp³-hybridized carbons (Fsp3) is 0.471. The summed E-state index contributed by atoms with van der Waals surface area (Å²) in [7, 11) is 1.63. The standard InChI is InChI=1S/C17H25ClN4O3/c1-11(15(24)20-16(25)21-17(2,3)4)22(5)10-14(23)19-13-8-6-7-12(18)9-13/h6-9,11H,10H2,1-5H3,(H,19,23)(H2,20,21,24,25). The molecule has 0 radical (unpaired) electrons. The van der Waals surface area contributed by atoms with Gasteiger partial charge in [0.2, 0.25) is 11.8 Å². The van der Waals surface area contributed by atoms with Crippen LogP contribution in [-0.2, 0) is 9.59 Å². The van der Waals surface area contributed by atoms with Gasteiger partial charge in [-0.25, -0.2) is 4.79 Å². The molecule has 25 heavy (non-hydrogen) atoms. The lowest BCUT2D eigenvalue weighted by Gasteiger charge is -2.25. The Morgan fingerprint density at radius 1 is 1.24 bits per heavy atom. The van der Waals surface area contributed by atoms with E-state index < -0.39 is 23.5 Å². The van der Waals surface area contributed by atoms with Gasteiger partial charge < -0.3 is 10.6 Å². The van der Waals surface area contributed by atoms with Crippen molar-refractivity contribution in [2.75, 3.05) is 18.9 Å². The van der Waals surface area contributed by atoms with Gasteiger partial charge in [0.25, 0.3) is 0 Å². The lowest BCUT2D eigenvalue weighted by atomic mass is 10.1. The van der Waals surface area contributed by atoms with Crippen molar-refractivity contribution in [3.05, 3.63) is 29.3 Å². The molecule has 0 aromatic heterocycles. The number of halogens is 1. The van der Waals surface area contributed by atoms with E-state index in [0.717, 1.165) is 0 Å². The Bertz CT molecular complexity index is 643. The summed E-state index contributed by atoms with van der Waals surface area (Å²) < 4.78 is 0. The fourth-order valence-corrected chi connectivity index (χ4v) is 2.11. The smallest absolute Gasteiger partial charge is 0.321 e. The van der Waals surface area contributed by atoms with E-state index in [1.807, 2.05) is 20.8 Å². The van der Waals surface area contributed by atoms with E-state index in [4.69, 9.17) is 11.6 Å². The van der Waals surface area contributed by atoms with Crippen LogP contribution < -0.4 is 16.0 Å². The minimum atomic E-state index is -0.657. The molecule has 1 rings (SSSR count). The molecule has 1 aromatic carbocycles. The number of carbonyl (C=O) groups is 3. The van der Waals surface area contributed by atoms with Gasteiger partial charge in [-0.1, -0.05) is 17.7 Å². The number of nitrogens with zero attached hydrogens (tertiary/aromatic N) is 1. The molecule has 0 aliphatic rings. The first-order chi connectivity index (χ1) is 11.5. The molecular formula is C17H25ClN4O3. The summed E-state index contributed by atoms with van der Waals surface area (Å²) >= 11 is 5.87. The van der Waals surface area contributed by atoms with Crippen LogP contribution in [0.2, 0.25) is 5.02 Å². The first-order valence-corrected chi connectivity index (χ1v) is 8.24. The van der Waals surface area contributed by atoms with Gasteiger partial charge in [0.15, 0.2) is 0 Å². The van der Waals surface area contributed by atoms with Crippen molar-refractivity contribution in [2.24, 2.45) is 0 Å². The van der Waals surface area contributed by atoms with E-state index in [2.05, 4.69) is 16.0 Å². The number of nitrogens with one attached hydrogen (secondary N) is 3. The molecule has 0 heterocycles. The molecule has 0 aliphatic carbocycles. The molecule has 0 fully saturated rings. The third-order valence-corrected chi connectivity index (χ3v) is 3.50. The zero-order valence-corrected chi connectivity index (χ0v) is 15.9. The molecule has 0 bridgehead atoms. The van der Waals surface area contributed by atoms with Crippen molar-refractivity contribution < 1.29 is 14.4 Å². The minimum Gasteiger partial charge on any atom is -0.333 e. The van der Waals surface area contributed by atoms with Crippen LogP contribution in [0.1, 0.15) is 27.7 Å². The van der Waals surface area contributed by atoms with E-state index in [1.165, 1.54) is 0 Å². The molecule has 8 heteroatoms. The topological polar surface area (TPSA) is 90.5 Å². The van der Waals surface area contributed by atoms with Gasteiger partial charge >= 0.3 is 6.03 Å². The number of hydrogen-bond acceptors (Lipinski definition) is 4. The third-order valence-electron chi connectivity index (χ3n) is 3.27. The fourth-order valence-electron chi connectivity index (χ4n) is 1.92. The Kier molecular flexibility index (Phi) is 7.38. The van der Waals surface area contributed by atoms with Crippen LogP contribution in [0.3, 0.4) is 0 Å². The number of benzene rings is 1. The maximum Gasteiger partial charge on any atom is 0.321 e. The highest BCUT2D eigenvalue weighted by molar-refractivity contribution is 6.30. The molecular weight excluding hydrogens is 344 g/mol. The second-order valence-corrected chi connectivity index (χ2v) is 7.28. The molecule has 1 atom stereocenters. The van der Waals surface area contributed by atoms with Crippen LogP contribution >= 0.6 is 11.6 Å².